The Hall–Kier alpha value is -2.44. The fourth-order valence-electron chi connectivity index (χ4n) is 2.11. The zero-order valence-electron chi connectivity index (χ0n) is 12.6. The number of nitrogens with one attached hydrogen (secondary N) is 2. The normalized spacial score (nSPS) is 13.5. The van der Waals surface area contributed by atoms with Gasteiger partial charge in [0.05, 0.1) is 18.3 Å². The molecule has 22 heavy (non-hydrogen) atoms. The molecule has 0 saturated heterocycles. The SMILES string of the molecule is C[C@H](NC(=O)N[C@H](C)c1cnn(C)c1)c1ccc(F)cc1F. The number of carbonyl (C=O) groups excluding carboxylic acids is 1. The summed E-state index contributed by atoms with van der Waals surface area (Å²) in [5.74, 6) is -1.34. The van der Waals surface area contributed by atoms with Crippen LogP contribution in [0.2, 0.25) is 0 Å². The van der Waals surface area contributed by atoms with Crippen LogP contribution in [0.25, 0.3) is 0 Å². The van der Waals surface area contributed by atoms with Gasteiger partial charge in [0, 0.05) is 30.4 Å². The number of aromatic nitrogens is 2. The molecule has 0 saturated carbocycles. The van der Waals surface area contributed by atoms with Gasteiger partial charge in [-0.15, -0.1) is 0 Å². The molecule has 2 aromatic rings. The molecule has 0 spiro atoms. The Labute approximate surface area is 127 Å². The standard InChI is InChI=1S/C15H18F2N4O/c1-9(11-7-18-21(3)8-11)19-15(22)20-10(2)13-5-4-12(16)6-14(13)17/h4-10H,1-3H3,(H2,19,20,22)/t9-,10+/m1/s1. The summed E-state index contributed by atoms with van der Waals surface area (Å²) >= 11 is 0. The first-order valence-corrected chi connectivity index (χ1v) is 6.87. The van der Waals surface area contributed by atoms with E-state index in [9.17, 15) is 13.6 Å². The molecule has 2 N–H and O–H groups in total. The summed E-state index contributed by atoms with van der Waals surface area (Å²) in [5.41, 5.74) is 1.09. The number of benzene rings is 1. The molecule has 2 amide bonds. The lowest BCUT2D eigenvalue weighted by atomic mass is 10.1. The van der Waals surface area contributed by atoms with Crippen LogP contribution in [-0.2, 0) is 7.05 Å². The minimum atomic E-state index is -0.687. The second-order valence-corrected chi connectivity index (χ2v) is 5.17. The molecule has 0 aliphatic heterocycles. The Kier molecular flexibility index (Phi) is 4.75. The first-order valence-electron chi connectivity index (χ1n) is 6.87. The van der Waals surface area contributed by atoms with Gasteiger partial charge in [0.2, 0.25) is 0 Å². The molecular weight excluding hydrogens is 290 g/mol. The van der Waals surface area contributed by atoms with Crippen LogP contribution >= 0.6 is 0 Å². The van der Waals surface area contributed by atoms with Crippen LogP contribution in [0.4, 0.5) is 13.6 Å². The second kappa shape index (κ2) is 6.55. The highest BCUT2D eigenvalue weighted by Gasteiger charge is 2.16. The van der Waals surface area contributed by atoms with E-state index in [0.29, 0.717) is 0 Å². The number of hydrogen-bond donors (Lipinski definition) is 2. The van der Waals surface area contributed by atoms with E-state index in [1.165, 1.54) is 6.07 Å². The smallest absolute Gasteiger partial charge is 0.315 e. The maximum absolute atomic E-state index is 13.7. The maximum Gasteiger partial charge on any atom is 0.315 e. The first kappa shape index (κ1) is 15.9. The Balaban J connectivity index is 1.96. The number of rotatable bonds is 4. The van der Waals surface area contributed by atoms with Crippen molar-refractivity contribution < 1.29 is 13.6 Å². The van der Waals surface area contributed by atoms with Crippen molar-refractivity contribution in [1.29, 1.82) is 0 Å². The molecule has 2 rings (SSSR count). The van der Waals surface area contributed by atoms with Crippen molar-refractivity contribution in [1.82, 2.24) is 20.4 Å². The van der Waals surface area contributed by atoms with E-state index in [2.05, 4.69) is 15.7 Å². The van der Waals surface area contributed by atoms with Crippen LogP contribution < -0.4 is 10.6 Å². The van der Waals surface area contributed by atoms with E-state index in [1.807, 2.05) is 6.92 Å². The molecule has 0 unspecified atom stereocenters. The van der Waals surface area contributed by atoms with Gasteiger partial charge in [0.25, 0.3) is 0 Å². The highest BCUT2D eigenvalue weighted by molar-refractivity contribution is 5.74. The van der Waals surface area contributed by atoms with Gasteiger partial charge in [-0.3, -0.25) is 4.68 Å². The van der Waals surface area contributed by atoms with Crippen LogP contribution in [0.5, 0.6) is 0 Å². The van der Waals surface area contributed by atoms with E-state index in [0.717, 1.165) is 17.7 Å². The number of carbonyl (C=O) groups is 1. The lowest BCUT2D eigenvalue weighted by molar-refractivity contribution is 0.234. The zero-order chi connectivity index (χ0) is 16.3. The molecule has 0 fully saturated rings. The van der Waals surface area contributed by atoms with Crippen molar-refractivity contribution in [3.63, 3.8) is 0 Å². The molecule has 0 radical (unpaired) electrons. The van der Waals surface area contributed by atoms with E-state index in [1.54, 1.807) is 31.0 Å². The van der Waals surface area contributed by atoms with E-state index >= 15 is 0 Å². The topological polar surface area (TPSA) is 59.0 Å². The van der Waals surface area contributed by atoms with Gasteiger partial charge in [-0.25, -0.2) is 13.6 Å². The van der Waals surface area contributed by atoms with E-state index < -0.39 is 23.7 Å². The molecule has 118 valence electrons. The van der Waals surface area contributed by atoms with Gasteiger partial charge in [0.1, 0.15) is 11.6 Å². The number of hydrogen-bond acceptors (Lipinski definition) is 2. The fraction of sp³-hybridized carbons (Fsp3) is 0.333. The number of urea groups is 1. The van der Waals surface area contributed by atoms with Crippen molar-refractivity contribution in [3.8, 4) is 0 Å². The Morgan fingerprint density at radius 3 is 2.50 bits per heavy atom. The zero-order valence-corrected chi connectivity index (χ0v) is 12.6. The fourth-order valence-corrected chi connectivity index (χ4v) is 2.11. The van der Waals surface area contributed by atoms with E-state index in [4.69, 9.17) is 0 Å². The third-order valence-corrected chi connectivity index (χ3v) is 3.35. The summed E-state index contributed by atoms with van der Waals surface area (Å²) in [6.45, 7) is 3.45. The van der Waals surface area contributed by atoms with Crippen molar-refractivity contribution in [2.24, 2.45) is 7.05 Å². The third kappa shape index (κ3) is 3.81. The predicted octanol–water partition coefficient (Wildman–Crippen LogP) is 2.82. The number of amides is 2. The molecule has 1 aromatic heterocycles. The maximum atomic E-state index is 13.7. The molecule has 0 bridgehead atoms. The average molecular weight is 308 g/mol. The number of aryl methyl sites for hydroxylation is 1. The minimum Gasteiger partial charge on any atom is -0.332 e. The molecule has 5 nitrogen and oxygen atoms in total. The number of halogens is 2. The molecule has 1 aromatic carbocycles. The molecule has 7 heteroatoms. The van der Waals surface area contributed by atoms with Crippen molar-refractivity contribution in [2.45, 2.75) is 25.9 Å². The highest BCUT2D eigenvalue weighted by atomic mass is 19.1. The second-order valence-electron chi connectivity index (χ2n) is 5.17. The van der Waals surface area contributed by atoms with Crippen molar-refractivity contribution in [2.75, 3.05) is 0 Å². The summed E-state index contributed by atoms with van der Waals surface area (Å²) in [6, 6.07) is 2.02. The van der Waals surface area contributed by atoms with Crippen LogP contribution in [0, 0.1) is 11.6 Å². The van der Waals surface area contributed by atoms with Gasteiger partial charge in [-0.1, -0.05) is 6.07 Å². The number of nitrogens with zero attached hydrogens (tertiary/aromatic N) is 2. The molecule has 2 atom stereocenters. The van der Waals surface area contributed by atoms with Gasteiger partial charge in [0.15, 0.2) is 0 Å². The summed E-state index contributed by atoms with van der Waals surface area (Å²) in [4.78, 5) is 11.9. The minimum absolute atomic E-state index is 0.227. The first-order chi connectivity index (χ1) is 10.4. The molecule has 0 aliphatic rings. The van der Waals surface area contributed by atoms with Gasteiger partial charge >= 0.3 is 6.03 Å². The van der Waals surface area contributed by atoms with Crippen LogP contribution in [-0.4, -0.2) is 15.8 Å². The third-order valence-electron chi connectivity index (χ3n) is 3.35. The lowest BCUT2D eigenvalue weighted by Crippen LogP contribution is -2.38. The highest BCUT2D eigenvalue weighted by Crippen LogP contribution is 2.18. The Morgan fingerprint density at radius 1 is 1.23 bits per heavy atom. The van der Waals surface area contributed by atoms with E-state index in [-0.39, 0.29) is 11.6 Å². The molecule has 1 heterocycles. The summed E-state index contributed by atoms with van der Waals surface area (Å²) < 4.78 is 28.2. The Bertz CT molecular complexity index is 671. The average Bonchev–Trinajstić information content (AvgIpc) is 2.85. The monoisotopic (exact) mass is 308 g/mol. The van der Waals surface area contributed by atoms with Crippen LogP contribution in [0.15, 0.2) is 30.6 Å². The summed E-state index contributed by atoms with van der Waals surface area (Å²) in [6.07, 6.45) is 3.46. The van der Waals surface area contributed by atoms with Crippen LogP contribution in [0.3, 0.4) is 0 Å². The lowest BCUT2D eigenvalue weighted by Gasteiger charge is -2.18. The molecular formula is C15H18F2N4O. The van der Waals surface area contributed by atoms with Gasteiger partial charge < -0.3 is 10.6 Å². The predicted molar refractivity (Wildman–Crippen MR) is 78.1 cm³/mol. The van der Waals surface area contributed by atoms with Gasteiger partial charge in [-0.2, -0.15) is 5.10 Å². The van der Waals surface area contributed by atoms with Crippen LogP contribution in [0.1, 0.15) is 37.1 Å². The Morgan fingerprint density at radius 2 is 1.91 bits per heavy atom. The molecule has 0 aliphatic carbocycles. The van der Waals surface area contributed by atoms with Gasteiger partial charge in [-0.05, 0) is 19.9 Å². The largest absolute Gasteiger partial charge is 0.332 e. The quantitative estimate of drug-likeness (QED) is 0.912. The van der Waals surface area contributed by atoms with Crippen molar-refractivity contribution >= 4 is 6.03 Å². The van der Waals surface area contributed by atoms with Crippen molar-refractivity contribution in [3.05, 3.63) is 53.4 Å². The summed E-state index contributed by atoms with van der Waals surface area (Å²) in [7, 11) is 1.79. The summed E-state index contributed by atoms with van der Waals surface area (Å²) in [5, 5.41) is 9.40.